The second kappa shape index (κ2) is 6.40. The van der Waals surface area contributed by atoms with Crippen LogP contribution < -0.4 is 10.0 Å². The van der Waals surface area contributed by atoms with Crippen LogP contribution in [0.5, 0.6) is 0 Å². The fourth-order valence-corrected chi connectivity index (χ4v) is 2.60. The quantitative estimate of drug-likeness (QED) is 0.903. The van der Waals surface area contributed by atoms with Gasteiger partial charge < -0.3 is 0 Å². The Bertz CT molecular complexity index is 784. The summed E-state index contributed by atoms with van der Waals surface area (Å²) < 4.78 is 25.8. The normalized spacial score (nSPS) is 10.8. The number of sulfonamides is 1. The van der Waals surface area contributed by atoms with Crippen LogP contribution in [-0.4, -0.2) is 20.4 Å². The Morgan fingerprint density at radius 2 is 1.50 bits per heavy atom. The van der Waals surface area contributed by atoms with Crippen molar-refractivity contribution in [2.75, 3.05) is 0 Å². The van der Waals surface area contributed by atoms with E-state index in [0.717, 1.165) is 5.56 Å². The molecule has 0 aromatic heterocycles. The molecule has 2 aromatic carbocycles. The molecule has 0 saturated carbocycles. The van der Waals surface area contributed by atoms with Crippen LogP contribution in [0.1, 0.15) is 15.9 Å². The lowest BCUT2D eigenvalue weighted by molar-refractivity contribution is 0.0965. The van der Waals surface area contributed by atoms with Crippen molar-refractivity contribution in [3.63, 3.8) is 0 Å². The zero-order valence-electron chi connectivity index (χ0n) is 11.7. The maximum absolute atomic E-state index is 12.0. The number of rotatable bonds is 3. The minimum atomic E-state index is -4.02. The molecule has 0 radical (unpaired) electrons. The maximum atomic E-state index is 12.0. The summed E-state index contributed by atoms with van der Waals surface area (Å²) in [7, 11) is -4.02. The predicted octanol–water partition coefficient (Wildman–Crippen LogP) is 1.82. The molecule has 0 heterocycles. The van der Waals surface area contributed by atoms with E-state index in [9.17, 15) is 18.0 Å². The van der Waals surface area contributed by atoms with E-state index >= 15 is 0 Å². The summed E-state index contributed by atoms with van der Waals surface area (Å²) in [5.41, 5.74) is 1.15. The molecule has 3 amide bonds. The maximum Gasteiger partial charge on any atom is 0.335 e. The fraction of sp³-hybridized carbons (Fsp3) is 0.0667. The number of hydrogen-bond donors (Lipinski definition) is 2. The van der Waals surface area contributed by atoms with Gasteiger partial charge in [0.1, 0.15) is 0 Å². The number of benzene rings is 2. The van der Waals surface area contributed by atoms with E-state index in [2.05, 4.69) is 0 Å². The van der Waals surface area contributed by atoms with Crippen molar-refractivity contribution in [2.45, 2.75) is 11.8 Å². The summed E-state index contributed by atoms with van der Waals surface area (Å²) in [4.78, 5) is 23.4. The average Bonchev–Trinajstić information content (AvgIpc) is 2.48. The molecule has 0 aliphatic carbocycles. The molecule has 2 aromatic rings. The molecule has 7 heteroatoms. The number of nitrogens with one attached hydrogen (secondary N) is 2. The van der Waals surface area contributed by atoms with Gasteiger partial charge in [-0.1, -0.05) is 35.9 Å². The first kappa shape index (κ1) is 15.7. The summed E-state index contributed by atoms with van der Waals surface area (Å²) in [6.45, 7) is 1.81. The highest BCUT2D eigenvalue weighted by atomic mass is 32.2. The Morgan fingerprint density at radius 3 is 2.09 bits per heavy atom. The van der Waals surface area contributed by atoms with Crippen molar-refractivity contribution in [3.05, 3.63) is 65.7 Å². The SMILES string of the molecule is Cc1ccc(S(=O)(=O)NC(=O)NC(=O)c2ccccc2)cc1. The lowest BCUT2D eigenvalue weighted by Gasteiger charge is -2.08. The van der Waals surface area contributed by atoms with Crippen LogP contribution in [-0.2, 0) is 10.0 Å². The van der Waals surface area contributed by atoms with Crippen LogP contribution >= 0.6 is 0 Å². The van der Waals surface area contributed by atoms with Gasteiger partial charge in [-0.05, 0) is 31.2 Å². The second-order valence-corrected chi connectivity index (χ2v) is 6.25. The molecule has 0 saturated heterocycles. The van der Waals surface area contributed by atoms with Crippen molar-refractivity contribution in [1.29, 1.82) is 0 Å². The lowest BCUT2D eigenvalue weighted by atomic mass is 10.2. The van der Waals surface area contributed by atoms with Crippen LogP contribution in [0.2, 0.25) is 0 Å². The highest BCUT2D eigenvalue weighted by Gasteiger charge is 2.19. The van der Waals surface area contributed by atoms with E-state index in [-0.39, 0.29) is 10.5 Å². The van der Waals surface area contributed by atoms with Crippen LogP contribution in [0.4, 0.5) is 4.79 Å². The Kier molecular flexibility index (Phi) is 4.57. The number of hydrogen-bond acceptors (Lipinski definition) is 4. The van der Waals surface area contributed by atoms with E-state index in [1.165, 1.54) is 24.3 Å². The number of carbonyl (C=O) groups excluding carboxylic acids is 2. The molecule has 2 N–H and O–H groups in total. The molecular weight excluding hydrogens is 304 g/mol. The highest BCUT2D eigenvalue weighted by molar-refractivity contribution is 7.90. The number of urea groups is 1. The first-order valence-corrected chi connectivity index (χ1v) is 7.87. The average molecular weight is 318 g/mol. The topological polar surface area (TPSA) is 92.3 Å². The first-order chi connectivity index (χ1) is 10.4. The zero-order valence-corrected chi connectivity index (χ0v) is 12.6. The Balaban J connectivity index is 2.05. The Hall–Kier alpha value is -2.67. The van der Waals surface area contributed by atoms with Crippen molar-refractivity contribution in [1.82, 2.24) is 10.0 Å². The monoisotopic (exact) mass is 318 g/mol. The summed E-state index contributed by atoms with van der Waals surface area (Å²) >= 11 is 0. The van der Waals surface area contributed by atoms with Crippen LogP contribution in [0, 0.1) is 6.92 Å². The molecule has 0 aliphatic heterocycles. The molecule has 6 nitrogen and oxygen atoms in total. The first-order valence-electron chi connectivity index (χ1n) is 6.38. The standard InChI is InChI=1S/C15H14N2O4S/c1-11-7-9-13(10-8-11)22(20,21)17-15(19)16-14(18)12-5-3-2-4-6-12/h2-10H,1H3,(H2,16,17,18,19). The van der Waals surface area contributed by atoms with Crippen molar-refractivity contribution in [2.24, 2.45) is 0 Å². The van der Waals surface area contributed by atoms with Gasteiger partial charge in [-0.3, -0.25) is 10.1 Å². The van der Waals surface area contributed by atoms with E-state index in [1.807, 2.05) is 12.2 Å². The number of amides is 3. The van der Waals surface area contributed by atoms with Gasteiger partial charge in [-0.2, -0.15) is 0 Å². The van der Waals surface area contributed by atoms with E-state index in [1.54, 1.807) is 35.1 Å². The fourth-order valence-electron chi connectivity index (χ4n) is 1.69. The van der Waals surface area contributed by atoms with Gasteiger partial charge in [-0.25, -0.2) is 17.9 Å². The third-order valence-corrected chi connectivity index (χ3v) is 4.17. The smallest absolute Gasteiger partial charge is 0.273 e. The van der Waals surface area contributed by atoms with Gasteiger partial charge in [0.25, 0.3) is 15.9 Å². The van der Waals surface area contributed by atoms with Gasteiger partial charge in [0.2, 0.25) is 0 Å². The van der Waals surface area contributed by atoms with Gasteiger partial charge in [0.05, 0.1) is 4.90 Å². The van der Waals surface area contributed by atoms with E-state index in [4.69, 9.17) is 0 Å². The van der Waals surface area contributed by atoms with Crippen molar-refractivity contribution >= 4 is 22.0 Å². The van der Waals surface area contributed by atoms with Gasteiger partial charge in [0.15, 0.2) is 0 Å². The zero-order chi connectivity index (χ0) is 16.2. The van der Waals surface area contributed by atoms with Crippen molar-refractivity contribution in [3.8, 4) is 0 Å². The second-order valence-electron chi connectivity index (χ2n) is 4.57. The van der Waals surface area contributed by atoms with Gasteiger partial charge >= 0.3 is 6.03 Å². The summed E-state index contributed by atoms with van der Waals surface area (Å²) in [5.74, 6) is -0.683. The number of imide groups is 1. The summed E-state index contributed by atoms with van der Waals surface area (Å²) in [6.07, 6.45) is 0. The van der Waals surface area contributed by atoms with Crippen LogP contribution in [0.3, 0.4) is 0 Å². The van der Waals surface area contributed by atoms with Gasteiger partial charge in [-0.15, -0.1) is 0 Å². The minimum absolute atomic E-state index is 0.0552. The Morgan fingerprint density at radius 1 is 0.909 bits per heavy atom. The molecule has 0 atom stereocenters. The molecule has 2 rings (SSSR count). The van der Waals surface area contributed by atoms with Gasteiger partial charge in [0, 0.05) is 5.56 Å². The lowest BCUT2D eigenvalue weighted by Crippen LogP contribution is -2.42. The van der Waals surface area contributed by atoms with Crippen LogP contribution in [0.25, 0.3) is 0 Å². The molecule has 0 fully saturated rings. The summed E-state index contributed by atoms with van der Waals surface area (Å²) in [6, 6.07) is 12.9. The number of aryl methyl sites for hydroxylation is 1. The Labute approximate surface area is 128 Å². The number of carbonyl (C=O) groups is 2. The molecule has 0 aliphatic rings. The third-order valence-electron chi connectivity index (χ3n) is 2.82. The molecule has 0 bridgehead atoms. The molecule has 114 valence electrons. The molecule has 0 spiro atoms. The van der Waals surface area contributed by atoms with Crippen molar-refractivity contribution < 1.29 is 18.0 Å². The third kappa shape index (κ3) is 3.92. The predicted molar refractivity (Wildman–Crippen MR) is 80.8 cm³/mol. The molecule has 0 unspecified atom stereocenters. The summed E-state index contributed by atoms with van der Waals surface area (Å²) in [5, 5.41) is 1.97. The van der Waals surface area contributed by atoms with E-state index < -0.39 is 22.0 Å². The molecule has 22 heavy (non-hydrogen) atoms. The van der Waals surface area contributed by atoms with Crippen LogP contribution in [0.15, 0.2) is 59.5 Å². The molecular formula is C15H14N2O4S. The largest absolute Gasteiger partial charge is 0.335 e. The highest BCUT2D eigenvalue weighted by Crippen LogP contribution is 2.09. The minimum Gasteiger partial charge on any atom is -0.273 e. The van der Waals surface area contributed by atoms with E-state index in [0.29, 0.717) is 0 Å².